The Kier molecular flexibility index (Phi) is 5.72. The average molecular weight is 372 g/mol. The van der Waals surface area contributed by atoms with Gasteiger partial charge in [-0.05, 0) is 44.2 Å². The molecule has 0 saturated carbocycles. The molecule has 0 heterocycles. The Morgan fingerprint density at radius 1 is 1.21 bits per heavy atom. The van der Waals surface area contributed by atoms with Gasteiger partial charge in [-0.3, -0.25) is 4.31 Å². The lowest BCUT2D eigenvalue weighted by atomic mass is 10.2. The van der Waals surface area contributed by atoms with Crippen molar-refractivity contribution in [2.45, 2.75) is 25.6 Å². The molecule has 2 aromatic rings. The lowest BCUT2D eigenvalue weighted by molar-refractivity contribution is 0.409. The van der Waals surface area contributed by atoms with E-state index in [2.05, 4.69) is 0 Å². The van der Waals surface area contributed by atoms with Gasteiger partial charge >= 0.3 is 0 Å². The number of nitrogens with zero attached hydrogens (tertiary/aromatic N) is 1. The SMILES string of the molecule is COc1ccc(Cl)cc1CN(c1ccccc1F)S(=O)(=O)C(C)C. The number of methoxy groups -OCH3 is 1. The molecular weight excluding hydrogens is 353 g/mol. The second kappa shape index (κ2) is 7.40. The van der Waals surface area contributed by atoms with Crippen molar-refractivity contribution in [2.75, 3.05) is 11.4 Å². The molecule has 0 aliphatic heterocycles. The lowest BCUT2D eigenvalue weighted by Gasteiger charge is -2.27. The zero-order valence-corrected chi connectivity index (χ0v) is 15.2. The normalized spacial score (nSPS) is 11.6. The first-order valence-electron chi connectivity index (χ1n) is 7.36. The maximum atomic E-state index is 14.2. The van der Waals surface area contributed by atoms with E-state index in [1.807, 2.05) is 0 Å². The minimum Gasteiger partial charge on any atom is -0.496 e. The van der Waals surface area contributed by atoms with E-state index in [4.69, 9.17) is 16.3 Å². The van der Waals surface area contributed by atoms with Crippen LogP contribution >= 0.6 is 11.6 Å². The average Bonchev–Trinajstić information content (AvgIpc) is 2.53. The minimum atomic E-state index is -3.76. The van der Waals surface area contributed by atoms with Crippen LogP contribution in [0.4, 0.5) is 10.1 Å². The Labute approximate surface area is 146 Å². The standard InChI is InChI=1S/C17H19ClFNO3S/c1-12(2)24(21,22)20(16-7-5-4-6-15(16)19)11-13-10-14(18)8-9-17(13)23-3/h4-10,12H,11H2,1-3H3. The van der Waals surface area contributed by atoms with Gasteiger partial charge in [0, 0.05) is 10.6 Å². The number of halogens is 2. The second-order valence-electron chi connectivity index (χ2n) is 5.51. The number of rotatable bonds is 6. The lowest BCUT2D eigenvalue weighted by Crippen LogP contribution is -2.36. The van der Waals surface area contributed by atoms with Crippen molar-refractivity contribution < 1.29 is 17.5 Å². The number of anilines is 1. The third-order valence-corrected chi connectivity index (χ3v) is 5.95. The molecule has 0 aliphatic carbocycles. The molecular formula is C17H19ClFNO3S. The number of sulfonamides is 1. The van der Waals surface area contributed by atoms with Crippen LogP contribution in [0.1, 0.15) is 19.4 Å². The number of hydrogen-bond donors (Lipinski definition) is 0. The maximum absolute atomic E-state index is 14.2. The summed E-state index contributed by atoms with van der Waals surface area (Å²) in [5, 5.41) is -0.261. The predicted octanol–water partition coefficient (Wildman–Crippen LogP) is 4.23. The molecule has 0 aromatic heterocycles. The van der Waals surface area contributed by atoms with E-state index < -0.39 is 21.1 Å². The molecule has 24 heavy (non-hydrogen) atoms. The fourth-order valence-corrected chi connectivity index (χ4v) is 3.69. The van der Waals surface area contributed by atoms with E-state index in [-0.39, 0.29) is 12.2 Å². The van der Waals surface area contributed by atoms with E-state index in [0.717, 1.165) is 4.31 Å². The van der Waals surface area contributed by atoms with Crippen LogP contribution in [0.5, 0.6) is 5.75 Å². The Morgan fingerprint density at radius 2 is 1.88 bits per heavy atom. The van der Waals surface area contributed by atoms with E-state index >= 15 is 0 Å². The molecule has 0 amide bonds. The molecule has 4 nitrogen and oxygen atoms in total. The van der Waals surface area contributed by atoms with Gasteiger partial charge in [0.15, 0.2) is 0 Å². The third-order valence-electron chi connectivity index (χ3n) is 3.58. The molecule has 0 fully saturated rings. The Balaban J connectivity index is 2.57. The molecule has 2 rings (SSSR count). The van der Waals surface area contributed by atoms with Crippen LogP contribution in [0.25, 0.3) is 0 Å². The third kappa shape index (κ3) is 3.82. The van der Waals surface area contributed by atoms with Crippen molar-refractivity contribution in [1.82, 2.24) is 0 Å². The molecule has 130 valence electrons. The highest BCUT2D eigenvalue weighted by molar-refractivity contribution is 7.93. The monoisotopic (exact) mass is 371 g/mol. The Hall–Kier alpha value is -1.79. The summed E-state index contributed by atoms with van der Waals surface area (Å²) in [5.74, 6) is -0.123. The molecule has 0 aliphatic rings. The van der Waals surface area contributed by atoms with Gasteiger partial charge in [-0.1, -0.05) is 23.7 Å². The first-order valence-corrected chi connectivity index (χ1v) is 9.24. The smallest absolute Gasteiger partial charge is 0.237 e. The van der Waals surface area contributed by atoms with Crippen LogP contribution < -0.4 is 9.04 Å². The van der Waals surface area contributed by atoms with Gasteiger partial charge in [0.05, 0.1) is 24.6 Å². The van der Waals surface area contributed by atoms with Gasteiger partial charge in [-0.25, -0.2) is 12.8 Å². The summed E-state index contributed by atoms with van der Waals surface area (Å²) in [6, 6.07) is 10.7. The van der Waals surface area contributed by atoms with Gasteiger partial charge in [-0.15, -0.1) is 0 Å². The molecule has 0 saturated heterocycles. The predicted molar refractivity (Wildman–Crippen MR) is 94.6 cm³/mol. The number of benzene rings is 2. The van der Waals surface area contributed by atoms with Gasteiger partial charge in [0.1, 0.15) is 11.6 Å². The largest absolute Gasteiger partial charge is 0.496 e. The molecule has 2 aromatic carbocycles. The highest BCUT2D eigenvalue weighted by atomic mass is 35.5. The van der Waals surface area contributed by atoms with Crippen molar-refractivity contribution in [3.8, 4) is 5.75 Å². The quantitative estimate of drug-likeness (QED) is 0.763. The summed E-state index contributed by atoms with van der Waals surface area (Å²) < 4.78 is 46.1. The number of hydrogen-bond acceptors (Lipinski definition) is 3. The van der Waals surface area contributed by atoms with Crippen LogP contribution in [0.2, 0.25) is 5.02 Å². The molecule has 0 unspecified atom stereocenters. The Bertz CT molecular complexity index is 824. The first kappa shape index (κ1) is 18.5. The van der Waals surface area contributed by atoms with E-state index in [1.165, 1.54) is 25.3 Å². The van der Waals surface area contributed by atoms with Crippen molar-refractivity contribution in [1.29, 1.82) is 0 Å². The van der Waals surface area contributed by atoms with Crippen LogP contribution in [-0.2, 0) is 16.6 Å². The van der Waals surface area contributed by atoms with Crippen molar-refractivity contribution in [3.05, 3.63) is 58.9 Å². The van der Waals surface area contributed by atoms with Gasteiger partial charge < -0.3 is 4.74 Å². The fourth-order valence-electron chi connectivity index (χ4n) is 2.25. The molecule has 0 N–H and O–H groups in total. The van der Waals surface area contributed by atoms with Gasteiger partial charge in [0.2, 0.25) is 10.0 Å². The first-order chi connectivity index (χ1) is 11.3. The second-order valence-corrected chi connectivity index (χ2v) is 8.36. The molecule has 7 heteroatoms. The summed E-state index contributed by atoms with van der Waals surface area (Å²) in [7, 11) is -2.27. The van der Waals surface area contributed by atoms with Crippen LogP contribution in [-0.4, -0.2) is 20.8 Å². The zero-order valence-electron chi connectivity index (χ0n) is 13.7. The van der Waals surface area contributed by atoms with Crippen molar-refractivity contribution in [3.63, 3.8) is 0 Å². The Morgan fingerprint density at radius 3 is 2.46 bits per heavy atom. The van der Waals surface area contributed by atoms with Gasteiger partial charge in [0.25, 0.3) is 0 Å². The highest BCUT2D eigenvalue weighted by Gasteiger charge is 2.29. The van der Waals surface area contributed by atoms with E-state index in [0.29, 0.717) is 16.3 Å². The maximum Gasteiger partial charge on any atom is 0.237 e. The summed E-state index contributed by atoms with van der Waals surface area (Å²) in [6.07, 6.45) is 0. The fraction of sp³-hybridized carbons (Fsp3) is 0.294. The molecule has 0 atom stereocenters. The summed E-state index contributed by atoms with van der Waals surface area (Å²) >= 11 is 6.01. The molecule has 0 radical (unpaired) electrons. The summed E-state index contributed by atoms with van der Waals surface area (Å²) in [4.78, 5) is 0. The molecule has 0 bridgehead atoms. The van der Waals surface area contributed by atoms with Crippen LogP contribution in [0, 0.1) is 5.82 Å². The summed E-state index contributed by atoms with van der Waals surface area (Å²) in [5.41, 5.74) is 0.547. The topological polar surface area (TPSA) is 46.6 Å². The minimum absolute atomic E-state index is 0.00627. The molecule has 0 spiro atoms. The summed E-state index contributed by atoms with van der Waals surface area (Å²) in [6.45, 7) is 3.03. The number of ether oxygens (including phenoxy) is 1. The van der Waals surface area contributed by atoms with Gasteiger partial charge in [-0.2, -0.15) is 0 Å². The van der Waals surface area contributed by atoms with Crippen LogP contribution in [0.3, 0.4) is 0 Å². The highest BCUT2D eigenvalue weighted by Crippen LogP contribution is 2.30. The van der Waals surface area contributed by atoms with Crippen molar-refractivity contribution >= 4 is 27.3 Å². The van der Waals surface area contributed by atoms with E-state index in [1.54, 1.807) is 38.1 Å². The van der Waals surface area contributed by atoms with Crippen LogP contribution in [0.15, 0.2) is 42.5 Å². The number of para-hydroxylation sites is 1. The zero-order chi connectivity index (χ0) is 17.9. The van der Waals surface area contributed by atoms with Crippen molar-refractivity contribution in [2.24, 2.45) is 0 Å². The van der Waals surface area contributed by atoms with E-state index in [9.17, 15) is 12.8 Å².